The number of anilines is 1. The zero-order valence-electron chi connectivity index (χ0n) is 15.9. The van der Waals surface area contributed by atoms with Gasteiger partial charge in [-0.1, -0.05) is 37.1 Å². The fourth-order valence-electron chi connectivity index (χ4n) is 3.05. The van der Waals surface area contributed by atoms with Crippen molar-refractivity contribution in [1.29, 1.82) is 0 Å². The average molecular weight is 339 g/mol. The summed E-state index contributed by atoms with van der Waals surface area (Å²) in [7, 11) is 2.00. The number of pyridine rings is 1. The Morgan fingerprint density at radius 3 is 2.60 bits per heavy atom. The number of rotatable bonds is 7. The summed E-state index contributed by atoms with van der Waals surface area (Å²) in [5.74, 6) is 0.00601. The average Bonchev–Trinajstić information content (AvgIpc) is 2.61. The van der Waals surface area contributed by atoms with E-state index in [0.29, 0.717) is 0 Å². The Balaban J connectivity index is 2.13. The first kappa shape index (κ1) is 19.1. The number of nitrogens with one attached hydrogen (secondary N) is 1. The lowest BCUT2D eigenvalue weighted by Gasteiger charge is -2.32. The van der Waals surface area contributed by atoms with Gasteiger partial charge < -0.3 is 5.32 Å². The van der Waals surface area contributed by atoms with Crippen LogP contribution in [-0.2, 0) is 4.79 Å². The van der Waals surface area contributed by atoms with E-state index in [0.717, 1.165) is 29.8 Å². The second kappa shape index (κ2) is 8.77. The van der Waals surface area contributed by atoms with Crippen molar-refractivity contribution < 1.29 is 4.79 Å². The number of benzene rings is 1. The molecule has 2 atom stereocenters. The maximum Gasteiger partial charge on any atom is 0.241 e. The number of aromatic nitrogens is 1. The molecule has 0 unspecified atom stereocenters. The zero-order valence-corrected chi connectivity index (χ0v) is 15.9. The van der Waals surface area contributed by atoms with Crippen molar-refractivity contribution in [2.24, 2.45) is 0 Å². The van der Waals surface area contributed by atoms with E-state index in [1.807, 2.05) is 57.4 Å². The van der Waals surface area contributed by atoms with Crippen molar-refractivity contribution in [3.8, 4) is 0 Å². The maximum absolute atomic E-state index is 12.8. The van der Waals surface area contributed by atoms with Crippen LogP contribution in [0, 0.1) is 13.8 Å². The van der Waals surface area contributed by atoms with Gasteiger partial charge in [-0.2, -0.15) is 0 Å². The fourth-order valence-corrected chi connectivity index (χ4v) is 3.05. The normalized spacial score (nSPS) is 13.5. The second-order valence-electron chi connectivity index (χ2n) is 6.71. The van der Waals surface area contributed by atoms with Gasteiger partial charge in [0.25, 0.3) is 0 Å². The van der Waals surface area contributed by atoms with Crippen LogP contribution in [-0.4, -0.2) is 28.9 Å². The fraction of sp³-hybridized carbons (Fsp3) is 0.429. The van der Waals surface area contributed by atoms with Crippen LogP contribution in [0.3, 0.4) is 0 Å². The molecule has 4 heteroatoms. The number of aryl methyl sites for hydroxylation is 2. The Labute approximate surface area is 151 Å². The molecule has 1 aromatic carbocycles. The number of nitrogens with zero attached hydrogens (tertiary/aromatic N) is 2. The molecule has 134 valence electrons. The van der Waals surface area contributed by atoms with Crippen LogP contribution in [0.2, 0.25) is 0 Å². The van der Waals surface area contributed by atoms with E-state index in [-0.39, 0.29) is 18.0 Å². The topological polar surface area (TPSA) is 45.2 Å². The van der Waals surface area contributed by atoms with E-state index in [2.05, 4.69) is 35.1 Å². The Bertz CT molecular complexity index is 700. The van der Waals surface area contributed by atoms with Gasteiger partial charge in [-0.15, -0.1) is 0 Å². The Kier molecular flexibility index (Phi) is 6.71. The monoisotopic (exact) mass is 339 g/mol. The molecular weight excluding hydrogens is 310 g/mol. The number of carbonyl (C=O) groups excluding carboxylic acids is 1. The smallest absolute Gasteiger partial charge is 0.241 e. The maximum atomic E-state index is 12.8. The van der Waals surface area contributed by atoms with E-state index in [1.165, 1.54) is 5.56 Å². The van der Waals surface area contributed by atoms with Crippen LogP contribution < -0.4 is 5.32 Å². The largest absolute Gasteiger partial charge is 0.324 e. The van der Waals surface area contributed by atoms with Crippen LogP contribution in [0.1, 0.15) is 49.6 Å². The molecule has 1 N–H and O–H groups in total. The molecule has 0 aliphatic heterocycles. The molecule has 0 spiro atoms. The number of hydrogen-bond donors (Lipinski definition) is 1. The molecule has 1 amide bonds. The van der Waals surface area contributed by atoms with Crippen molar-refractivity contribution in [2.75, 3.05) is 12.4 Å². The molecule has 0 aliphatic carbocycles. The molecule has 4 nitrogen and oxygen atoms in total. The first-order valence-corrected chi connectivity index (χ1v) is 8.95. The van der Waals surface area contributed by atoms with Crippen LogP contribution in [0.4, 0.5) is 5.69 Å². The number of carbonyl (C=O) groups is 1. The van der Waals surface area contributed by atoms with Crippen LogP contribution in [0.5, 0.6) is 0 Å². The highest BCUT2D eigenvalue weighted by Crippen LogP contribution is 2.25. The minimum Gasteiger partial charge on any atom is -0.324 e. The molecule has 1 heterocycles. The summed E-state index contributed by atoms with van der Waals surface area (Å²) in [6.07, 6.45) is 3.82. The quantitative estimate of drug-likeness (QED) is 0.808. The second-order valence-corrected chi connectivity index (χ2v) is 6.71. The summed E-state index contributed by atoms with van der Waals surface area (Å²) in [6, 6.07) is 11.9. The summed E-state index contributed by atoms with van der Waals surface area (Å²) in [6.45, 7) is 8.18. The Morgan fingerprint density at radius 2 is 2.00 bits per heavy atom. The lowest BCUT2D eigenvalue weighted by atomic mass is 10.0. The highest BCUT2D eigenvalue weighted by Gasteiger charge is 2.26. The van der Waals surface area contributed by atoms with Gasteiger partial charge >= 0.3 is 0 Å². The molecule has 2 aromatic rings. The highest BCUT2D eigenvalue weighted by atomic mass is 16.2. The van der Waals surface area contributed by atoms with Crippen molar-refractivity contribution in [1.82, 2.24) is 9.88 Å². The summed E-state index contributed by atoms with van der Waals surface area (Å²) in [5.41, 5.74) is 4.16. The Hall–Kier alpha value is -2.20. The molecule has 0 saturated carbocycles. The molecule has 0 fully saturated rings. The lowest BCUT2D eigenvalue weighted by molar-refractivity contribution is -0.121. The molecule has 25 heavy (non-hydrogen) atoms. The first-order chi connectivity index (χ1) is 11.9. The van der Waals surface area contributed by atoms with Gasteiger partial charge in [0, 0.05) is 11.9 Å². The van der Waals surface area contributed by atoms with Crippen molar-refractivity contribution >= 4 is 11.6 Å². The Morgan fingerprint density at radius 1 is 1.24 bits per heavy atom. The van der Waals surface area contributed by atoms with Crippen LogP contribution in [0.25, 0.3) is 0 Å². The molecular formula is C21H29N3O. The zero-order chi connectivity index (χ0) is 18.4. The van der Waals surface area contributed by atoms with E-state index in [4.69, 9.17) is 0 Å². The summed E-state index contributed by atoms with van der Waals surface area (Å²) < 4.78 is 0. The minimum atomic E-state index is -0.251. The third-order valence-electron chi connectivity index (χ3n) is 4.71. The van der Waals surface area contributed by atoms with Crippen LogP contribution in [0.15, 0.2) is 42.6 Å². The predicted octanol–water partition coefficient (Wildman–Crippen LogP) is 4.50. The molecule has 1 aromatic heterocycles. The summed E-state index contributed by atoms with van der Waals surface area (Å²) in [4.78, 5) is 19.4. The molecule has 0 saturated heterocycles. The lowest BCUT2D eigenvalue weighted by Crippen LogP contribution is -2.42. The molecule has 2 rings (SSSR count). The van der Waals surface area contributed by atoms with Crippen molar-refractivity contribution in [2.45, 2.75) is 52.6 Å². The van der Waals surface area contributed by atoms with Gasteiger partial charge in [-0.05, 0) is 58.0 Å². The minimum absolute atomic E-state index is 0.00601. The van der Waals surface area contributed by atoms with Crippen LogP contribution >= 0.6 is 0 Å². The predicted molar refractivity (Wildman–Crippen MR) is 104 cm³/mol. The third kappa shape index (κ3) is 4.89. The van der Waals surface area contributed by atoms with E-state index >= 15 is 0 Å². The van der Waals surface area contributed by atoms with Gasteiger partial charge in [0.15, 0.2) is 0 Å². The SMILES string of the molecule is CCC[C@H](c1ccccn1)N(C)[C@@H](C)C(=O)Nc1ccc(C)cc1C. The standard InChI is InChI=1S/C21H29N3O/c1-6-9-20(19-10-7-8-13-22-19)24(5)17(4)21(25)23-18-12-11-15(2)14-16(18)3/h7-8,10-14,17,20H,6,9H2,1-5H3,(H,23,25)/t17-,20+/m0/s1. The van der Waals surface area contributed by atoms with Gasteiger partial charge in [-0.25, -0.2) is 0 Å². The summed E-state index contributed by atoms with van der Waals surface area (Å²) >= 11 is 0. The van der Waals surface area contributed by atoms with E-state index in [1.54, 1.807) is 0 Å². The van der Waals surface area contributed by atoms with Crippen molar-refractivity contribution in [3.05, 3.63) is 59.4 Å². The van der Waals surface area contributed by atoms with Gasteiger partial charge in [-0.3, -0.25) is 14.7 Å². The summed E-state index contributed by atoms with van der Waals surface area (Å²) in [5, 5.41) is 3.07. The van der Waals surface area contributed by atoms with Gasteiger partial charge in [0.2, 0.25) is 5.91 Å². The van der Waals surface area contributed by atoms with Crippen molar-refractivity contribution in [3.63, 3.8) is 0 Å². The van der Waals surface area contributed by atoms with E-state index in [9.17, 15) is 4.79 Å². The first-order valence-electron chi connectivity index (χ1n) is 8.95. The molecule has 0 aliphatic rings. The van der Waals surface area contributed by atoms with Gasteiger partial charge in [0.05, 0.1) is 17.8 Å². The third-order valence-corrected chi connectivity index (χ3v) is 4.71. The number of likely N-dealkylation sites (N-methyl/N-ethyl adjacent to an activating group) is 1. The van der Waals surface area contributed by atoms with Gasteiger partial charge in [0.1, 0.15) is 0 Å². The molecule has 0 bridgehead atoms. The van der Waals surface area contributed by atoms with E-state index < -0.39 is 0 Å². The number of amides is 1. The number of hydrogen-bond acceptors (Lipinski definition) is 3. The molecule has 0 radical (unpaired) electrons. The highest BCUT2D eigenvalue weighted by molar-refractivity contribution is 5.95.